The van der Waals surface area contributed by atoms with Crippen molar-refractivity contribution in [2.24, 2.45) is 5.92 Å². The summed E-state index contributed by atoms with van der Waals surface area (Å²) in [7, 11) is 0. The highest BCUT2D eigenvalue weighted by Crippen LogP contribution is 2.23. The van der Waals surface area contributed by atoms with Gasteiger partial charge in [-0.2, -0.15) is 0 Å². The zero-order valence-corrected chi connectivity index (χ0v) is 36.9. The minimum absolute atomic E-state index is 0.303. The number of aliphatic hydroxyl groups excluding tert-OH is 6. The molecule has 7 N–H and O–H groups in total. The third-order valence-electron chi connectivity index (χ3n) is 11.6. The maximum absolute atomic E-state index is 13.0. The molecule has 8 atom stereocenters. The minimum Gasteiger partial charge on any atom is -0.394 e. The van der Waals surface area contributed by atoms with Crippen LogP contribution in [0, 0.1) is 5.92 Å². The highest BCUT2D eigenvalue weighted by Gasteiger charge is 2.44. The van der Waals surface area contributed by atoms with Crippen LogP contribution in [0.1, 0.15) is 213 Å². The second kappa shape index (κ2) is 36.7. The summed E-state index contributed by atoms with van der Waals surface area (Å²) in [4.78, 5) is 13.0. The lowest BCUT2D eigenvalue weighted by molar-refractivity contribution is -0.302. The van der Waals surface area contributed by atoms with E-state index < -0.39 is 61.5 Å². The zero-order chi connectivity index (χ0) is 41.9. The molecule has 1 saturated heterocycles. The van der Waals surface area contributed by atoms with E-state index in [2.05, 4.69) is 26.1 Å². The largest absolute Gasteiger partial charge is 0.394 e. The Kier molecular flexibility index (Phi) is 34.7. The molecule has 1 aliphatic heterocycles. The molecule has 0 aromatic carbocycles. The van der Waals surface area contributed by atoms with Crippen LogP contribution in [0.15, 0.2) is 12.2 Å². The first-order chi connectivity index (χ1) is 27.6. The monoisotopic (exact) mass is 814 g/mol. The van der Waals surface area contributed by atoms with Crippen molar-refractivity contribution in [1.29, 1.82) is 0 Å². The average Bonchev–Trinajstić information content (AvgIpc) is 3.20. The minimum atomic E-state index is -1.61. The molecular formula is C47H91NO9. The van der Waals surface area contributed by atoms with Crippen LogP contribution in [0.3, 0.4) is 0 Å². The molecule has 57 heavy (non-hydrogen) atoms. The van der Waals surface area contributed by atoms with Crippen molar-refractivity contribution in [3.8, 4) is 0 Å². The van der Waals surface area contributed by atoms with E-state index in [1.54, 1.807) is 6.08 Å². The molecule has 1 rings (SSSR count). The van der Waals surface area contributed by atoms with Gasteiger partial charge in [-0.15, -0.1) is 0 Å². The van der Waals surface area contributed by atoms with Gasteiger partial charge in [0.05, 0.1) is 25.4 Å². The zero-order valence-electron chi connectivity index (χ0n) is 36.9. The van der Waals surface area contributed by atoms with Crippen molar-refractivity contribution in [1.82, 2.24) is 5.32 Å². The maximum Gasteiger partial charge on any atom is 0.249 e. The topological polar surface area (TPSA) is 169 Å². The molecule has 0 unspecified atom stereocenters. The molecule has 10 nitrogen and oxygen atoms in total. The number of rotatable bonds is 39. The van der Waals surface area contributed by atoms with E-state index in [9.17, 15) is 35.4 Å². The van der Waals surface area contributed by atoms with Crippen LogP contribution in [-0.2, 0) is 14.3 Å². The number of ether oxygens (including phenoxy) is 2. The molecule has 0 bridgehead atoms. The predicted octanol–water partition coefficient (Wildman–Crippen LogP) is 8.94. The number of carbonyl (C=O) groups is 1. The quantitative estimate of drug-likeness (QED) is 0.0237. The van der Waals surface area contributed by atoms with Crippen LogP contribution in [0.5, 0.6) is 0 Å². The Morgan fingerprint density at radius 1 is 0.632 bits per heavy atom. The fourth-order valence-corrected chi connectivity index (χ4v) is 7.70. The van der Waals surface area contributed by atoms with Gasteiger partial charge in [0.2, 0.25) is 5.91 Å². The van der Waals surface area contributed by atoms with Crippen LogP contribution in [0.25, 0.3) is 0 Å². The normalized spacial score (nSPS) is 21.7. The summed E-state index contributed by atoms with van der Waals surface area (Å²) in [5, 5.41) is 64.6. The first-order valence-corrected chi connectivity index (χ1v) is 23.9. The number of hydrogen-bond acceptors (Lipinski definition) is 9. The number of allylic oxidation sites excluding steroid dienone is 1. The molecule has 1 fully saturated rings. The van der Waals surface area contributed by atoms with Gasteiger partial charge >= 0.3 is 0 Å². The maximum atomic E-state index is 13.0. The highest BCUT2D eigenvalue weighted by molar-refractivity contribution is 5.80. The summed E-state index contributed by atoms with van der Waals surface area (Å²) in [6.07, 6.45) is 30.3. The van der Waals surface area contributed by atoms with Gasteiger partial charge in [0.15, 0.2) is 6.29 Å². The van der Waals surface area contributed by atoms with Gasteiger partial charge in [0.1, 0.15) is 30.5 Å². The van der Waals surface area contributed by atoms with Crippen molar-refractivity contribution >= 4 is 5.91 Å². The lowest BCUT2D eigenvalue weighted by atomic mass is 9.99. The predicted molar refractivity (Wildman–Crippen MR) is 232 cm³/mol. The van der Waals surface area contributed by atoms with Gasteiger partial charge in [-0.1, -0.05) is 206 Å². The summed E-state index contributed by atoms with van der Waals surface area (Å²) in [5.74, 6) is 0.151. The van der Waals surface area contributed by atoms with Crippen molar-refractivity contribution in [2.45, 2.75) is 262 Å². The Labute approximate surface area is 349 Å². The van der Waals surface area contributed by atoms with E-state index in [1.807, 2.05) is 6.08 Å². The molecule has 0 spiro atoms. The standard InChI is InChI=1S/C47H91NO9/c1-4-5-6-7-8-9-10-11-12-13-14-15-16-17-18-19-22-26-29-32-35-41(51)46(55)48-39(37-56-47-45(54)44(53)43(52)42(36-49)57-47)40(50)34-31-28-25-23-20-21-24-27-30-33-38(2)3/h31,34,38-45,47,49-54H,4-30,32-33,35-37H2,1-3H3,(H,48,55)/b34-31+/t39-,40+,41+,42+,43+,44-,45+,47+/m0/s1. The molecule has 0 aliphatic carbocycles. The van der Waals surface area contributed by atoms with Gasteiger partial charge in [-0.25, -0.2) is 0 Å². The Morgan fingerprint density at radius 2 is 1.07 bits per heavy atom. The number of carbonyl (C=O) groups excluding carboxylic acids is 1. The molecule has 10 heteroatoms. The number of aliphatic hydroxyl groups is 6. The summed E-state index contributed by atoms with van der Waals surface area (Å²) >= 11 is 0. The summed E-state index contributed by atoms with van der Waals surface area (Å²) in [6, 6.07) is -0.975. The van der Waals surface area contributed by atoms with E-state index in [0.717, 1.165) is 50.9 Å². The van der Waals surface area contributed by atoms with E-state index in [1.165, 1.54) is 141 Å². The van der Waals surface area contributed by atoms with E-state index >= 15 is 0 Å². The van der Waals surface area contributed by atoms with Crippen LogP contribution in [0.2, 0.25) is 0 Å². The summed E-state index contributed by atoms with van der Waals surface area (Å²) in [6.45, 7) is 5.90. The molecule has 0 saturated carbocycles. The average molecular weight is 814 g/mol. The van der Waals surface area contributed by atoms with Crippen molar-refractivity contribution < 1.29 is 44.9 Å². The van der Waals surface area contributed by atoms with Crippen LogP contribution in [0.4, 0.5) is 0 Å². The SMILES string of the molecule is CCCCCCCCCCCCCCCCCCCCCC[C@@H](O)C(=O)N[C@@H](CO[C@@H]1O[C@H](CO)[C@@H](O)[C@H](O)[C@H]1O)[C@H](O)/C=C/CCCCCCCCCC(C)C. The number of amides is 1. The molecule has 0 aromatic rings. The first kappa shape index (κ1) is 53.9. The Morgan fingerprint density at radius 3 is 1.53 bits per heavy atom. The van der Waals surface area contributed by atoms with Gasteiger partial charge in [-0.3, -0.25) is 4.79 Å². The number of hydrogen-bond donors (Lipinski definition) is 7. The molecule has 1 amide bonds. The third kappa shape index (κ3) is 28.1. The lowest BCUT2D eigenvalue weighted by Gasteiger charge is -2.40. The van der Waals surface area contributed by atoms with E-state index in [-0.39, 0.29) is 6.61 Å². The number of nitrogens with one attached hydrogen (secondary N) is 1. The van der Waals surface area contributed by atoms with Gasteiger partial charge < -0.3 is 45.4 Å². The van der Waals surface area contributed by atoms with Crippen molar-refractivity contribution in [2.75, 3.05) is 13.2 Å². The molecule has 0 radical (unpaired) electrons. The Hall–Kier alpha value is -1.11. The molecule has 0 aromatic heterocycles. The van der Waals surface area contributed by atoms with Crippen LogP contribution < -0.4 is 5.32 Å². The lowest BCUT2D eigenvalue weighted by Crippen LogP contribution is -2.60. The Balaban J connectivity index is 2.34. The van der Waals surface area contributed by atoms with E-state index in [4.69, 9.17) is 9.47 Å². The second-order valence-electron chi connectivity index (χ2n) is 17.5. The molecule has 1 heterocycles. The van der Waals surface area contributed by atoms with Gasteiger partial charge in [-0.05, 0) is 25.2 Å². The Bertz CT molecular complexity index is 935. The summed E-state index contributed by atoms with van der Waals surface area (Å²) in [5.41, 5.74) is 0. The molecular weight excluding hydrogens is 723 g/mol. The third-order valence-corrected chi connectivity index (χ3v) is 11.6. The van der Waals surface area contributed by atoms with Gasteiger partial charge in [0, 0.05) is 0 Å². The number of unbranched alkanes of at least 4 members (excludes halogenated alkanes) is 26. The highest BCUT2D eigenvalue weighted by atomic mass is 16.7. The fraction of sp³-hybridized carbons (Fsp3) is 0.936. The van der Waals surface area contributed by atoms with Gasteiger partial charge in [0.25, 0.3) is 0 Å². The molecule has 1 aliphatic rings. The first-order valence-electron chi connectivity index (χ1n) is 23.9. The van der Waals surface area contributed by atoms with Crippen LogP contribution in [-0.4, -0.2) is 98.7 Å². The van der Waals surface area contributed by atoms with Crippen LogP contribution >= 0.6 is 0 Å². The fourth-order valence-electron chi connectivity index (χ4n) is 7.70. The molecule has 338 valence electrons. The summed E-state index contributed by atoms with van der Waals surface area (Å²) < 4.78 is 11.1. The smallest absolute Gasteiger partial charge is 0.249 e. The second-order valence-corrected chi connectivity index (χ2v) is 17.5. The van der Waals surface area contributed by atoms with Crippen molar-refractivity contribution in [3.05, 3.63) is 12.2 Å². The van der Waals surface area contributed by atoms with Crippen molar-refractivity contribution in [3.63, 3.8) is 0 Å². The van der Waals surface area contributed by atoms with E-state index in [0.29, 0.717) is 6.42 Å².